The second kappa shape index (κ2) is 11.2. The monoisotopic (exact) mass is 463 g/mol. The van der Waals surface area contributed by atoms with Crippen LogP contribution in [0, 0.1) is 0 Å². The lowest BCUT2D eigenvalue weighted by Gasteiger charge is -2.32. The minimum absolute atomic E-state index is 0.145. The van der Waals surface area contributed by atoms with Crippen LogP contribution in [-0.4, -0.2) is 86.0 Å². The van der Waals surface area contributed by atoms with E-state index in [0.29, 0.717) is 29.3 Å². The molecule has 0 saturated carbocycles. The predicted octanol–water partition coefficient (Wildman–Crippen LogP) is 2.92. The van der Waals surface area contributed by atoms with Crippen LogP contribution in [0.25, 0.3) is 16.9 Å². The van der Waals surface area contributed by atoms with E-state index in [4.69, 9.17) is 14.6 Å². The Bertz CT molecular complexity index is 1090. The van der Waals surface area contributed by atoms with Crippen LogP contribution in [0.1, 0.15) is 16.8 Å². The number of methoxy groups -OCH3 is 2. The number of piperazine rings is 1. The molecule has 8 heteroatoms. The van der Waals surface area contributed by atoms with E-state index in [0.717, 1.165) is 50.4 Å². The summed E-state index contributed by atoms with van der Waals surface area (Å²) in [6, 6.07) is 15.3. The van der Waals surface area contributed by atoms with Gasteiger partial charge in [0.1, 0.15) is 17.2 Å². The molecule has 4 rings (SSSR count). The molecule has 180 valence electrons. The van der Waals surface area contributed by atoms with Crippen molar-refractivity contribution in [2.45, 2.75) is 6.42 Å². The average Bonchev–Trinajstić information content (AvgIpc) is 3.33. The minimum atomic E-state index is -0.145. The van der Waals surface area contributed by atoms with E-state index >= 15 is 0 Å². The zero-order valence-corrected chi connectivity index (χ0v) is 20.2. The number of para-hydroxylation sites is 1. The number of carbonyl (C=O) groups excluding carboxylic acids is 1. The van der Waals surface area contributed by atoms with Gasteiger partial charge in [-0.15, -0.1) is 0 Å². The number of benzene rings is 2. The minimum Gasteiger partial charge on any atom is -0.497 e. The van der Waals surface area contributed by atoms with Crippen LogP contribution in [0.3, 0.4) is 0 Å². The number of carbonyl (C=O) groups is 1. The summed E-state index contributed by atoms with van der Waals surface area (Å²) in [5.74, 6) is 1.13. The van der Waals surface area contributed by atoms with Crippen molar-refractivity contribution in [3.63, 3.8) is 0 Å². The molecule has 3 aromatic rings. The first kappa shape index (κ1) is 23.8. The molecular formula is C26H33N5O3. The lowest BCUT2D eigenvalue weighted by atomic mass is 10.1. The summed E-state index contributed by atoms with van der Waals surface area (Å²) in [7, 11) is 5.37. The Hall–Kier alpha value is -3.36. The van der Waals surface area contributed by atoms with Gasteiger partial charge in [0.15, 0.2) is 0 Å². The first-order chi connectivity index (χ1) is 16.6. The predicted molar refractivity (Wildman–Crippen MR) is 133 cm³/mol. The summed E-state index contributed by atoms with van der Waals surface area (Å²) in [4.78, 5) is 18.0. The van der Waals surface area contributed by atoms with Crippen LogP contribution in [0.15, 0.2) is 54.7 Å². The zero-order valence-electron chi connectivity index (χ0n) is 20.2. The van der Waals surface area contributed by atoms with Crippen molar-refractivity contribution in [3.8, 4) is 28.4 Å². The van der Waals surface area contributed by atoms with Gasteiger partial charge in [-0.3, -0.25) is 4.79 Å². The Balaban J connectivity index is 1.53. The van der Waals surface area contributed by atoms with Crippen molar-refractivity contribution in [2.24, 2.45) is 0 Å². The number of amides is 1. The molecule has 34 heavy (non-hydrogen) atoms. The largest absolute Gasteiger partial charge is 0.497 e. The van der Waals surface area contributed by atoms with Gasteiger partial charge in [-0.2, -0.15) is 5.10 Å². The maximum Gasteiger partial charge on any atom is 0.255 e. The molecule has 1 aliphatic heterocycles. The molecular weight excluding hydrogens is 430 g/mol. The summed E-state index contributed by atoms with van der Waals surface area (Å²) >= 11 is 0. The SMILES string of the molecule is COc1ccc(-c2nn(-c3ccccc3)cc2C(=O)NCCCN2CCN(C)CC2)c(OC)c1. The van der Waals surface area contributed by atoms with Gasteiger partial charge in [0.2, 0.25) is 0 Å². The first-order valence-electron chi connectivity index (χ1n) is 11.7. The molecule has 0 spiro atoms. The van der Waals surface area contributed by atoms with Crippen molar-refractivity contribution in [1.82, 2.24) is 24.9 Å². The van der Waals surface area contributed by atoms with Crippen LogP contribution >= 0.6 is 0 Å². The number of likely N-dealkylation sites (N-methyl/N-ethyl adjacent to an activating group) is 1. The molecule has 0 atom stereocenters. The highest BCUT2D eigenvalue weighted by Crippen LogP contribution is 2.34. The van der Waals surface area contributed by atoms with Crippen molar-refractivity contribution in [1.29, 1.82) is 0 Å². The molecule has 0 unspecified atom stereocenters. The number of nitrogens with one attached hydrogen (secondary N) is 1. The molecule has 0 bridgehead atoms. The van der Waals surface area contributed by atoms with E-state index in [1.807, 2.05) is 42.5 Å². The second-order valence-electron chi connectivity index (χ2n) is 8.49. The van der Waals surface area contributed by atoms with Gasteiger partial charge in [-0.05, 0) is 44.3 Å². The third-order valence-electron chi connectivity index (χ3n) is 6.18. The molecule has 2 aromatic carbocycles. The number of hydrogen-bond acceptors (Lipinski definition) is 6. The van der Waals surface area contributed by atoms with E-state index in [1.54, 1.807) is 31.2 Å². The topological polar surface area (TPSA) is 71.9 Å². The highest BCUT2D eigenvalue weighted by atomic mass is 16.5. The standard InChI is InChI=1S/C26H33N5O3/c1-29-14-16-30(17-15-29)13-7-12-27-26(32)23-19-31(20-8-5-4-6-9-20)28-25(23)22-11-10-21(33-2)18-24(22)34-3/h4-6,8-11,18-19H,7,12-17H2,1-3H3,(H,27,32). The summed E-state index contributed by atoms with van der Waals surface area (Å²) in [5, 5.41) is 7.85. The molecule has 1 fully saturated rings. The third-order valence-corrected chi connectivity index (χ3v) is 6.18. The number of hydrogen-bond donors (Lipinski definition) is 1. The van der Waals surface area contributed by atoms with Crippen molar-refractivity contribution >= 4 is 5.91 Å². The first-order valence-corrected chi connectivity index (χ1v) is 11.7. The van der Waals surface area contributed by atoms with Crippen LogP contribution in [-0.2, 0) is 0 Å². The van der Waals surface area contributed by atoms with Gasteiger partial charge >= 0.3 is 0 Å². The fourth-order valence-electron chi connectivity index (χ4n) is 4.12. The van der Waals surface area contributed by atoms with Crippen molar-refractivity contribution in [3.05, 3.63) is 60.3 Å². The van der Waals surface area contributed by atoms with E-state index in [1.165, 1.54) is 0 Å². The summed E-state index contributed by atoms with van der Waals surface area (Å²) < 4.78 is 12.7. The molecule has 1 aromatic heterocycles. The van der Waals surface area contributed by atoms with Gasteiger partial charge in [0.25, 0.3) is 5.91 Å². The van der Waals surface area contributed by atoms with Crippen molar-refractivity contribution < 1.29 is 14.3 Å². The Morgan fingerprint density at radius 3 is 2.50 bits per heavy atom. The normalized spacial score (nSPS) is 14.7. The van der Waals surface area contributed by atoms with E-state index in [9.17, 15) is 4.79 Å². The Morgan fingerprint density at radius 2 is 1.79 bits per heavy atom. The maximum atomic E-state index is 13.3. The zero-order chi connectivity index (χ0) is 23.9. The summed E-state index contributed by atoms with van der Waals surface area (Å²) in [6.45, 7) is 5.94. The second-order valence-corrected chi connectivity index (χ2v) is 8.49. The highest BCUT2D eigenvalue weighted by Gasteiger charge is 2.22. The van der Waals surface area contributed by atoms with E-state index < -0.39 is 0 Å². The van der Waals surface area contributed by atoms with E-state index in [-0.39, 0.29) is 5.91 Å². The fourth-order valence-corrected chi connectivity index (χ4v) is 4.12. The number of ether oxygens (including phenoxy) is 2. The Kier molecular flexibility index (Phi) is 7.82. The van der Waals surface area contributed by atoms with Crippen LogP contribution < -0.4 is 14.8 Å². The molecule has 0 aliphatic carbocycles. The van der Waals surface area contributed by atoms with Crippen molar-refractivity contribution in [2.75, 3.05) is 60.5 Å². The molecule has 1 saturated heterocycles. The van der Waals surface area contributed by atoms with Crippen LogP contribution in [0.4, 0.5) is 0 Å². The molecule has 1 amide bonds. The molecule has 1 aliphatic rings. The quantitative estimate of drug-likeness (QED) is 0.492. The lowest BCUT2D eigenvalue weighted by molar-refractivity contribution is 0.0950. The molecule has 1 N–H and O–H groups in total. The lowest BCUT2D eigenvalue weighted by Crippen LogP contribution is -2.45. The smallest absolute Gasteiger partial charge is 0.255 e. The van der Waals surface area contributed by atoms with Gasteiger partial charge < -0.3 is 24.6 Å². The van der Waals surface area contributed by atoms with Crippen LogP contribution in [0.2, 0.25) is 0 Å². The Morgan fingerprint density at radius 1 is 1.03 bits per heavy atom. The van der Waals surface area contributed by atoms with Gasteiger partial charge in [-0.1, -0.05) is 18.2 Å². The number of aromatic nitrogens is 2. The molecule has 8 nitrogen and oxygen atoms in total. The summed E-state index contributed by atoms with van der Waals surface area (Å²) in [6.07, 6.45) is 2.69. The highest BCUT2D eigenvalue weighted by molar-refractivity contribution is 6.00. The Labute approximate surface area is 201 Å². The van der Waals surface area contributed by atoms with Gasteiger partial charge in [0, 0.05) is 50.6 Å². The maximum absolute atomic E-state index is 13.3. The van der Waals surface area contributed by atoms with E-state index in [2.05, 4.69) is 22.2 Å². The van der Waals surface area contributed by atoms with Crippen LogP contribution in [0.5, 0.6) is 11.5 Å². The average molecular weight is 464 g/mol. The number of nitrogens with zero attached hydrogens (tertiary/aromatic N) is 4. The number of rotatable bonds is 9. The van der Waals surface area contributed by atoms with Gasteiger partial charge in [0.05, 0.1) is 25.5 Å². The fraction of sp³-hybridized carbons (Fsp3) is 0.385. The third kappa shape index (κ3) is 5.58. The summed E-state index contributed by atoms with van der Waals surface area (Å²) in [5.41, 5.74) is 2.69. The molecule has 2 heterocycles. The van der Waals surface area contributed by atoms with Gasteiger partial charge in [-0.25, -0.2) is 4.68 Å². The molecule has 0 radical (unpaired) electrons.